The SMILES string of the molecule is COCc1ccccc1CNCc1ccc(C2CC2)cc1. The molecule has 0 aromatic heterocycles. The van der Waals surface area contributed by atoms with E-state index in [2.05, 4.69) is 53.8 Å². The molecule has 0 saturated heterocycles. The minimum absolute atomic E-state index is 0.675. The molecule has 1 N–H and O–H groups in total. The summed E-state index contributed by atoms with van der Waals surface area (Å²) in [7, 11) is 1.74. The molecule has 3 rings (SSSR count). The van der Waals surface area contributed by atoms with Gasteiger partial charge in [-0.1, -0.05) is 48.5 Å². The van der Waals surface area contributed by atoms with Crippen LogP contribution in [-0.4, -0.2) is 7.11 Å². The largest absolute Gasteiger partial charge is 0.380 e. The van der Waals surface area contributed by atoms with Crippen LogP contribution >= 0.6 is 0 Å². The van der Waals surface area contributed by atoms with Gasteiger partial charge in [-0.15, -0.1) is 0 Å². The number of ether oxygens (including phenoxy) is 1. The van der Waals surface area contributed by atoms with E-state index in [-0.39, 0.29) is 0 Å². The standard InChI is InChI=1S/C19H23NO/c1-21-14-19-5-3-2-4-18(19)13-20-12-15-6-8-16(9-7-15)17-10-11-17/h2-9,17,20H,10-14H2,1H3. The average molecular weight is 281 g/mol. The molecule has 2 aromatic carbocycles. The van der Waals surface area contributed by atoms with Gasteiger partial charge in [-0.3, -0.25) is 0 Å². The molecule has 0 spiro atoms. The van der Waals surface area contributed by atoms with Crippen molar-refractivity contribution in [3.8, 4) is 0 Å². The lowest BCUT2D eigenvalue weighted by atomic mass is 10.1. The quantitative estimate of drug-likeness (QED) is 0.828. The number of methoxy groups -OCH3 is 1. The van der Waals surface area contributed by atoms with Crippen LogP contribution in [0.4, 0.5) is 0 Å². The summed E-state index contributed by atoms with van der Waals surface area (Å²) in [6.45, 7) is 2.46. The Morgan fingerprint density at radius 2 is 1.67 bits per heavy atom. The molecule has 1 aliphatic carbocycles. The van der Waals surface area contributed by atoms with Gasteiger partial charge >= 0.3 is 0 Å². The third-order valence-electron chi connectivity index (χ3n) is 4.09. The van der Waals surface area contributed by atoms with E-state index in [1.165, 1.54) is 35.1 Å². The van der Waals surface area contributed by atoms with E-state index in [0.29, 0.717) is 6.61 Å². The first-order valence-corrected chi connectivity index (χ1v) is 7.72. The van der Waals surface area contributed by atoms with Gasteiger partial charge in [-0.25, -0.2) is 0 Å². The van der Waals surface area contributed by atoms with Crippen molar-refractivity contribution in [3.05, 3.63) is 70.8 Å². The molecule has 0 atom stereocenters. The first-order valence-electron chi connectivity index (χ1n) is 7.72. The van der Waals surface area contributed by atoms with Crippen molar-refractivity contribution in [2.24, 2.45) is 0 Å². The van der Waals surface area contributed by atoms with Gasteiger partial charge in [0.15, 0.2) is 0 Å². The molecule has 21 heavy (non-hydrogen) atoms. The van der Waals surface area contributed by atoms with E-state index in [4.69, 9.17) is 4.74 Å². The second-order valence-corrected chi connectivity index (χ2v) is 5.82. The maximum absolute atomic E-state index is 5.25. The zero-order valence-electron chi connectivity index (χ0n) is 12.6. The van der Waals surface area contributed by atoms with E-state index in [0.717, 1.165) is 19.0 Å². The van der Waals surface area contributed by atoms with Crippen molar-refractivity contribution < 1.29 is 4.74 Å². The lowest BCUT2D eigenvalue weighted by Crippen LogP contribution is -2.14. The van der Waals surface area contributed by atoms with E-state index >= 15 is 0 Å². The van der Waals surface area contributed by atoms with Gasteiger partial charge in [0.05, 0.1) is 6.61 Å². The van der Waals surface area contributed by atoms with Crippen LogP contribution in [0.25, 0.3) is 0 Å². The minimum Gasteiger partial charge on any atom is -0.380 e. The van der Waals surface area contributed by atoms with Crippen LogP contribution in [0.3, 0.4) is 0 Å². The van der Waals surface area contributed by atoms with Crippen LogP contribution in [0.5, 0.6) is 0 Å². The van der Waals surface area contributed by atoms with Crippen LogP contribution in [0.2, 0.25) is 0 Å². The molecule has 0 unspecified atom stereocenters. The maximum Gasteiger partial charge on any atom is 0.0716 e. The zero-order chi connectivity index (χ0) is 14.5. The van der Waals surface area contributed by atoms with Gasteiger partial charge in [0.1, 0.15) is 0 Å². The molecule has 0 radical (unpaired) electrons. The average Bonchev–Trinajstić information content (AvgIpc) is 3.35. The molecular weight excluding hydrogens is 258 g/mol. The van der Waals surface area contributed by atoms with Gasteiger partial charge in [-0.05, 0) is 41.0 Å². The van der Waals surface area contributed by atoms with Gasteiger partial charge in [0, 0.05) is 20.2 Å². The number of hydrogen-bond donors (Lipinski definition) is 1. The Balaban J connectivity index is 1.53. The number of rotatable bonds is 7. The minimum atomic E-state index is 0.675. The van der Waals surface area contributed by atoms with Gasteiger partial charge in [-0.2, -0.15) is 0 Å². The van der Waals surface area contributed by atoms with E-state index in [1.54, 1.807) is 7.11 Å². The summed E-state index contributed by atoms with van der Waals surface area (Å²) in [6, 6.07) is 17.5. The van der Waals surface area contributed by atoms with E-state index < -0.39 is 0 Å². The molecule has 2 aromatic rings. The number of hydrogen-bond acceptors (Lipinski definition) is 2. The molecule has 1 saturated carbocycles. The second-order valence-electron chi connectivity index (χ2n) is 5.82. The monoisotopic (exact) mass is 281 g/mol. The summed E-state index contributed by atoms with van der Waals surface area (Å²) in [5, 5.41) is 3.53. The van der Waals surface area contributed by atoms with Crippen LogP contribution in [0.1, 0.15) is 41.0 Å². The molecular formula is C19H23NO. The summed E-state index contributed by atoms with van der Waals surface area (Å²) >= 11 is 0. The fraction of sp³-hybridized carbons (Fsp3) is 0.368. The van der Waals surface area contributed by atoms with Crippen LogP contribution in [0, 0.1) is 0 Å². The zero-order valence-corrected chi connectivity index (χ0v) is 12.6. The van der Waals surface area contributed by atoms with Crippen molar-refractivity contribution in [1.29, 1.82) is 0 Å². The molecule has 0 bridgehead atoms. The lowest BCUT2D eigenvalue weighted by molar-refractivity contribution is 0.184. The Bertz CT molecular complexity index is 572. The fourth-order valence-electron chi connectivity index (χ4n) is 2.69. The third-order valence-corrected chi connectivity index (χ3v) is 4.09. The molecule has 0 amide bonds. The molecule has 0 aliphatic heterocycles. The molecule has 1 fully saturated rings. The van der Waals surface area contributed by atoms with Crippen molar-refractivity contribution in [3.63, 3.8) is 0 Å². The molecule has 1 aliphatic rings. The van der Waals surface area contributed by atoms with E-state index in [9.17, 15) is 0 Å². The van der Waals surface area contributed by atoms with Crippen LogP contribution in [-0.2, 0) is 24.4 Å². The molecule has 2 heteroatoms. The first-order chi connectivity index (χ1) is 10.4. The van der Waals surface area contributed by atoms with Crippen molar-refractivity contribution in [2.45, 2.75) is 38.5 Å². The highest BCUT2D eigenvalue weighted by atomic mass is 16.5. The fourth-order valence-corrected chi connectivity index (χ4v) is 2.69. The topological polar surface area (TPSA) is 21.3 Å². The smallest absolute Gasteiger partial charge is 0.0716 e. The number of benzene rings is 2. The summed E-state index contributed by atoms with van der Waals surface area (Å²) in [5.74, 6) is 0.841. The maximum atomic E-state index is 5.25. The van der Waals surface area contributed by atoms with Gasteiger partial charge in [0.2, 0.25) is 0 Å². The Hall–Kier alpha value is -1.64. The highest BCUT2D eigenvalue weighted by Gasteiger charge is 2.22. The highest BCUT2D eigenvalue weighted by molar-refractivity contribution is 5.29. The highest BCUT2D eigenvalue weighted by Crippen LogP contribution is 2.39. The predicted molar refractivity (Wildman–Crippen MR) is 86.1 cm³/mol. The summed E-state index contributed by atoms with van der Waals surface area (Å²) in [5.41, 5.74) is 5.43. The molecule has 0 heterocycles. The summed E-state index contributed by atoms with van der Waals surface area (Å²) < 4.78 is 5.25. The number of nitrogens with one attached hydrogen (secondary N) is 1. The predicted octanol–water partition coefficient (Wildman–Crippen LogP) is 4.00. The van der Waals surface area contributed by atoms with Crippen molar-refractivity contribution in [2.75, 3.05) is 7.11 Å². The van der Waals surface area contributed by atoms with Gasteiger partial charge < -0.3 is 10.1 Å². The molecule has 110 valence electrons. The third kappa shape index (κ3) is 3.93. The summed E-state index contributed by atoms with van der Waals surface area (Å²) in [4.78, 5) is 0. The lowest BCUT2D eigenvalue weighted by Gasteiger charge is -2.10. The van der Waals surface area contributed by atoms with Crippen LogP contribution < -0.4 is 5.32 Å². The second kappa shape index (κ2) is 6.88. The molecule has 2 nitrogen and oxygen atoms in total. The van der Waals surface area contributed by atoms with Gasteiger partial charge in [0.25, 0.3) is 0 Å². The van der Waals surface area contributed by atoms with Crippen molar-refractivity contribution in [1.82, 2.24) is 5.32 Å². The Morgan fingerprint density at radius 1 is 0.952 bits per heavy atom. The Labute approximate surface area is 127 Å². The van der Waals surface area contributed by atoms with Crippen LogP contribution in [0.15, 0.2) is 48.5 Å². The normalized spacial score (nSPS) is 14.3. The first kappa shape index (κ1) is 14.3. The Morgan fingerprint density at radius 3 is 2.33 bits per heavy atom. The summed E-state index contributed by atoms with van der Waals surface area (Å²) in [6.07, 6.45) is 2.74. The Kier molecular flexibility index (Phi) is 4.69. The van der Waals surface area contributed by atoms with E-state index in [1.807, 2.05) is 0 Å². The van der Waals surface area contributed by atoms with Crippen molar-refractivity contribution >= 4 is 0 Å².